The molecule has 0 atom stereocenters. The molecule has 0 spiro atoms. The lowest BCUT2D eigenvalue weighted by molar-refractivity contribution is 0.0763. The molecule has 30 heavy (non-hydrogen) atoms. The van der Waals surface area contributed by atoms with Crippen molar-refractivity contribution in [1.29, 1.82) is 0 Å². The van der Waals surface area contributed by atoms with Gasteiger partial charge in [0.1, 0.15) is 11.6 Å². The summed E-state index contributed by atoms with van der Waals surface area (Å²) in [5.41, 5.74) is 4.96. The highest BCUT2D eigenvalue weighted by Gasteiger charge is 2.24. The van der Waals surface area contributed by atoms with Crippen molar-refractivity contribution in [2.75, 3.05) is 20.2 Å². The largest absolute Gasteiger partial charge is 0.497 e. The van der Waals surface area contributed by atoms with Crippen LogP contribution in [0.5, 0.6) is 5.75 Å². The Bertz CT molecular complexity index is 1030. The molecule has 0 bridgehead atoms. The molecule has 1 aliphatic rings. The van der Waals surface area contributed by atoms with Crippen LogP contribution in [0.3, 0.4) is 0 Å². The van der Waals surface area contributed by atoms with E-state index in [0.717, 1.165) is 52.5 Å². The van der Waals surface area contributed by atoms with E-state index in [1.165, 1.54) is 0 Å². The number of hydrogen-bond donors (Lipinski definition) is 0. The first kappa shape index (κ1) is 20.1. The van der Waals surface area contributed by atoms with Crippen molar-refractivity contribution in [3.63, 3.8) is 0 Å². The number of carbonyl (C=O) groups excluding carboxylic acids is 1. The van der Waals surface area contributed by atoms with Gasteiger partial charge in [-0.05, 0) is 42.8 Å². The Labute approximate surface area is 177 Å². The Morgan fingerprint density at radius 3 is 2.33 bits per heavy atom. The van der Waals surface area contributed by atoms with Gasteiger partial charge in [-0.25, -0.2) is 9.97 Å². The molecule has 3 aromatic rings. The topological polar surface area (TPSA) is 55.3 Å². The first-order valence-electron chi connectivity index (χ1n) is 10.4. The maximum atomic E-state index is 13.0. The summed E-state index contributed by atoms with van der Waals surface area (Å²) in [6, 6.07) is 17.5. The molecule has 5 heteroatoms. The molecule has 1 aliphatic heterocycles. The maximum absolute atomic E-state index is 13.0. The number of methoxy groups -OCH3 is 1. The van der Waals surface area contributed by atoms with Crippen molar-refractivity contribution < 1.29 is 9.53 Å². The number of rotatable bonds is 4. The molecule has 1 amide bonds. The third-order valence-corrected chi connectivity index (χ3v) is 5.55. The molecule has 0 fully saturated rings. The van der Waals surface area contributed by atoms with Crippen LogP contribution in [0.1, 0.15) is 47.2 Å². The Balaban J connectivity index is 1.69. The highest BCUT2D eigenvalue weighted by atomic mass is 16.5. The molecule has 0 radical (unpaired) electrons. The van der Waals surface area contributed by atoms with Crippen LogP contribution in [0.4, 0.5) is 0 Å². The molecule has 0 unspecified atom stereocenters. The predicted octanol–water partition coefficient (Wildman–Crippen LogP) is 4.52. The average Bonchev–Trinajstić information content (AvgIpc) is 3.01. The minimum absolute atomic E-state index is 0.0754. The number of fused-ring (bicyclic) bond motifs is 1. The summed E-state index contributed by atoms with van der Waals surface area (Å²) in [5.74, 6) is 1.98. The highest BCUT2D eigenvalue weighted by molar-refractivity contribution is 5.94. The molecule has 0 aliphatic carbocycles. The fourth-order valence-corrected chi connectivity index (χ4v) is 3.83. The van der Waals surface area contributed by atoms with Crippen molar-refractivity contribution in [1.82, 2.24) is 14.9 Å². The van der Waals surface area contributed by atoms with Crippen LogP contribution in [0.15, 0.2) is 54.6 Å². The van der Waals surface area contributed by atoms with Gasteiger partial charge in [0.25, 0.3) is 5.91 Å². The van der Waals surface area contributed by atoms with Crippen LogP contribution in [-0.4, -0.2) is 41.0 Å². The second-order valence-corrected chi connectivity index (χ2v) is 7.90. The Morgan fingerprint density at radius 2 is 1.67 bits per heavy atom. The summed E-state index contributed by atoms with van der Waals surface area (Å²) in [4.78, 5) is 24.7. The Hall–Kier alpha value is -3.21. The Kier molecular flexibility index (Phi) is 5.79. The third kappa shape index (κ3) is 4.06. The minimum Gasteiger partial charge on any atom is -0.497 e. The quantitative estimate of drug-likeness (QED) is 0.645. The molecule has 2 heterocycles. The van der Waals surface area contributed by atoms with Gasteiger partial charge in [0.2, 0.25) is 0 Å². The van der Waals surface area contributed by atoms with Crippen LogP contribution >= 0.6 is 0 Å². The average molecular weight is 402 g/mol. The summed E-state index contributed by atoms with van der Waals surface area (Å²) < 4.78 is 5.31. The minimum atomic E-state index is 0.0754. The van der Waals surface area contributed by atoms with Gasteiger partial charge in [0.15, 0.2) is 0 Å². The molecule has 2 aromatic carbocycles. The first-order chi connectivity index (χ1) is 14.6. The number of nitrogens with zero attached hydrogens (tertiary/aromatic N) is 3. The zero-order valence-corrected chi connectivity index (χ0v) is 17.8. The van der Waals surface area contributed by atoms with Gasteiger partial charge in [0, 0.05) is 47.8 Å². The van der Waals surface area contributed by atoms with Gasteiger partial charge >= 0.3 is 0 Å². The number of amides is 1. The maximum Gasteiger partial charge on any atom is 0.253 e. The summed E-state index contributed by atoms with van der Waals surface area (Å²) >= 11 is 0. The number of hydrogen-bond acceptors (Lipinski definition) is 4. The highest BCUT2D eigenvalue weighted by Crippen LogP contribution is 2.30. The monoisotopic (exact) mass is 401 g/mol. The molecule has 0 saturated heterocycles. The van der Waals surface area contributed by atoms with Crippen molar-refractivity contribution in [2.24, 2.45) is 0 Å². The molecule has 0 saturated carbocycles. The lowest BCUT2D eigenvalue weighted by atomic mass is 10.00. The number of benzene rings is 2. The standard InChI is InChI=1S/C25H27N3O2/c1-17(2)24-26-22-14-16-28(25(29)19-7-5-4-6-8-19)15-13-21(22)23(27-24)18-9-11-20(30-3)12-10-18/h4-12,17H,13-16H2,1-3H3. The van der Waals surface area contributed by atoms with Gasteiger partial charge in [0.05, 0.1) is 12.8 Å². The van der Waals surface area contributed by atoms with E-state index in [0.29, 0.717) is 13.1 Å². The predicted molar refractivity (Wildman–Crippen MR) is 118 cm³/mol. The van der Waals surface area contributed by atoms with Gasteiger partial charge in [-0.15, -0.1) is 0 Å². The van der Waals surface area contributed by atoms with E-state index in [1.807, 2.05) is 59.5 Å². The lowest BCUT2D eigenvalue weighted by Crippen LogP contribution is -2.33. The van der Waals surface area contributed by atoms with Crippen LogP contribution in [0, 0.1) is 0 Å². The zero-order valence-electron chi connectivity index (χ0n) is 17.8. The van der Waals surface area contributed by atoms with Crippen molar-refractivity contribution in [3.8, 4) is 17.0 Å². The van der Waals surface area contributed by atoms with Crippen molar-refractivity contribution in [3.05, 3.63) is 77.2 Å². The molecule has 4 rings (SSSR count). The second-order valence-electron chi connectivity index (χ2n) is 7.90. The Morgan fingerprint density at radius 1 is 0.967 bits per heavy atom. The van der Waals surface area contributed by atoms with E-state index in [4.69, 9.17) is 14.7 Å². The summed E-state index contributed by atoms with van der Waals surface area (Å²) in [6.45, 7) is 5.55. The molecule has 0 N–H and O–H groups in total. The van der Waals surface area contributed by atoms with E-state index in [9.17, 15) is 4.79 Å². The fraction of sp³-hybridized carbons (Fsp3) is 0.320. The van der Waals surface area contributed by atoms with Crippen molar-refractivity contribution in [2.45, 2.75) is 32.6 Å². The van der Waals surface area contributed by atoms with Crippen LogP contribution in [0.2, 0.25) is 0 Å². The van der Waals surface area contributed by atoms with Gasteiger partial charge in [-0.2, -0.15) is 0 Å². The van der Waals surface area contributed by atoms with Crippen LogP contribution in [0.25, 0.3) is 11.3 Å². The number of carbonyl (C=O) groups is 1. The third-order valence-electron chi connectivity index (χ3n) is 5.55. The number of ether oxygens (including phenoxy) is 1. The smallest absolute Gasteiger partial charge is 0.253 e. The summed E-state index contributed by atoms with van der Waals surface area (Å²) in [6.07, 6.45) is 1.48. The van der Waals surface area contributed by atoms with Crippen LogP contribution < -0.4 is 4.74 Å². The molecule has 5 nitrogen and oxygen atoms in total. The zero-order chi connectivity index (χ0) is 21.1. The van der Waals surface area contributed by atoms with Gasteiger partial charge < -0.3 is 9.64 Å². The van der Waals surface area contributed by atoms with E-state index in [1.54, 1.807) is 7.11 Å². The summed E-state index contributed by atoms with van der Waals surface area (Å²) in [5, 5.41) is 0. The summed E-state index contributed by atoms with van der Waals surface area (Å²) in [7, 11) is 1.67. The van der Waals surface area contributed by atoms with Gasteiger partial charge in [-0.3, -0.25) is 4.79 Å². The number of aromatic nitrogens is 2. The molecular formula is C25H27N3O2. The fourth-order valence-electron chi connectivity index (χ4n) is 3.83. The second kappa shape index (κ2) is 8.66. The normalized spacial score (nSPS) is 13.7. The molecule has 154 valence electrons. The van der Waals surface area contributed by atoms with Crippen molar-refractivity contribution >= 4 is 5.91 Å². The molecular weight excluding hydrogens is 374 g/mol. The first-order valence-corrected chi connectivity index (χ1v) is 10.4. The van der Waals surface area contributed by atoms with Crippen LogP contribution in [-0.2, 0) is 12.8 Å². The molecule has 1 aromatic heterocycles. The SMILES string of the molecule is COc1ccc(-c2nc(C(C)C)nc3c2CCN(C(=O)c2ccccc2)CC3)cc1. The van der Waals surface area contributed by atoms with E-state index >= 15 is 0 Å². The van der Waals surface area contributed by atoms with E-state index < -0.39 is 0 Å². The van der Waals surface area contributed by atoms with E-state index in [2.05, 4.69) is 13.8 Å². The van der Waals surface area contributed by atoms with Gasteiger partial charge in [-0.1, -0.05) is 32.0 Å². The lowest BCUT2D eigenvalue weighted by Gasteiger charge is -2.20. The van der Waals surface area contributed by atoms with E-state index in [-0.39, 0.29) is 11.8 Å².